The van der Waals surface area contributed by atoms with E-state index in [1.165, 1.54) is 4.57 Å². The Balaban J connectivity index is 1.38. The third-order valence-electron chi connectivity index (χ3n) is 5.75. The maximum absolute atomic E-state index is 13.1. The quantitative estimate of drug-likeness (QED) is 0.822. The lowest BCUT2D eigenvalue weighted by atomic mass is 9.99. The van der Waals surface area contributed by atoms with Crippen LogP contribution in [0.5, 0.6) is 0 Å². The van der Waals surface area contributed by atoms with E-state index in [2.05, 4.69) is 15.5 Å². The zero-order valence-corrected chi connectivity index (χ0v) is 16.4. The number of benzene rings is 1. The molecule has 0 unspecified atom stereocenters. The van der Waals surface area contributed by atoms with Gasteiger partial charge in [0.1, 0.15) is 5.82 Å². The van der Waals surface area contributed by atoms with Gasteiger partial charge in [0.25, 0.3) is 0 Å². The Morgan fingerprint density at radius 1 is 1.20 bits per heavy atom. The summed E-state index contributed by atoms with van der Waals surface area (Å²) in [5.74, 6) is -1.62. The molecule has 1 fully saturated rings. The molecule has 2 atom stereocenters. The van der Waals surface area contributed by atoms with Crippen LogP contribution in [0.1, 0.15) is 30.1 Å². The van der Waals surface area contributed by atoms with Crippen molar-refractivity contribution in [2.75, 3.05) is 11.4 Å². The van der Waals surface area contributed by atoms with Crippen molar-refractivity contribution in [1.29, 1.82) is 0 Å². The maximum atomic E-state index is 13.1. The monoisotopic (exact) mass is 421 g/mol. The van der Waals surface area contributed by atoms with Crippen molar-refractivity contribution in [3.63, 3.8) is 0 Å². The zero-order valence-electron chi connectivity index (χ0n) is 16.4. The highest BCUT2D eigenvalue weighted by Crippen LogP contribution is 2.34. The van der Waals surface area contributed by atoms with Crippen LogP contribution in [0.3, 0.4) is 0 Å². The molecule has 10 heteroatoms. The van der Waals surface area contributed by atoms with E-state index in [1.54, 1.807) is 4.90 Å². The normalized spacial score (nSPS) is 21.6. The van der Waals surface area contributed by atoms with Gasteiger partial charge in [0.15, 0.2) is 5.82 Å². The van der Waals surface area contributed by atoms with Crippen LogP contribution in [0, 0.1) is 18.8 Å². The molecule has 1 aromatic carbocycles. The predicted octanol–water partition coefficient (Wildman–Crippen LogP) is 2.38. The number of nitrogens with zero attached hydrogens (tertiary/aromatic N) is 4. The molecular formula is C20H22F3N5O2. The van der Waals surface area contributed by atoms with E-state index in [9.17, 15) is 22.8 Å². The lowest BCUT2D eigenvalue weighted by Crippen LogP contribution is -2.35. The summed E-state index contributed by atoms with van der Waals surface area (Å²) in [6.45, 7) is 1.96. The molecule has 0 spiro atoms. The Morgan fingerprint density at radius 3 is 2.63 bits per heavy atom. The first-order chi connectivity index (χ1) is 14.2. The summed E-state index contributed by atoms with van der Waals surface area (Å²) in [4.78, 5) is 26.5. The number of hydrogen-bond acceptors (Lipinski definition) is 4. The third-order valence-corrected chi connectivity index (χ3v) is 5.75. The Hall–Kier alpha value is -2.91. The minimum absolute atomic E-state index is 0.00692. The summed E-state index contributed by atoms with van der Waals surface area (Å²) in [5, 5.41) is 10.6. The molecule has 4 rings (SSSR count). The van der Waals surface area contributed by atoms with Crippen LogP contribution < -0.4 is 10.2 Å². The van der Waals surface area contributed by atoms with E-state index in [-0.39, 0.29) is 50.7 Å². The van der Waals surface area contributed by atoms with Gasteiger partial charge in [-0.2, -0.15) is 13.2 Å². The van der Waals surface area contributed by atoms with Crippen molar-refractivity contribution in [1.82, 2.24) is 20.1 Å². The van der Waals surface area contributed by atoms with Gasteiger partial charge in [-0.15, -0.1) is 10.2 Å². The molecular weight excluding hydrogens is 399 g/mol. The van der Waals surface area contributed by atoms with E-state index in [0.717, 1.165) is 11.3 Å². The van der Waals surface area contributed by atoms with Crippen molar-refractivity contribution >= 4 is 17.5 Å². The van der Waals surface area contributed by atoms with Gasteiger partial charge >= 0.3 is 6.18 Å². The number of carbonyl (C=O) groups is 2. The zero-order chi connectivity index (χ0) is 21.5. The maximum Gasteiger partial charge on any atom is 0.393 e. The van der Waals surface area contributed by atoms with Gasteiger partial charge in [-0.1, -0.05) is 17.7 Å². The Kier molecular flexibility index (Phi) is 5.25. The number of hydrogen-bond donors (Lipinski definition) is 1. The summed E-state index contributed by atoms with van der Waals surface area (Å²) < 4.78 is 40.6. The van der Waals surface area contributed by atoms with Crippen LogP contribution in [0.15, 0.2) is 24.3 Å². The second-order valence-electron chi connectivity index (χ2n) is 7.88. The summed E-state index contributed by atoms with van der Waals surface area (Å²) in [6, 6.07) is 7.48. The van der Waals surface area contributed by atoms with Gasteiger partial charge in [-0.05, 0) is 25.5 Å². The molecule has 2 aromatic rings. The minimum Gasteiger partial charge on any atom is -0.348 e. The number of aromatic nitrogens is 3. The van der Waals surface area contributed by atoms with Crippen LogP contribution in [-0.2, 0) is 29.1 Å². The van der Waals surface area contributed by atoms with Gasteiger partial charge < -0.3 is 14.8 Å². The molecule has 30 heavy (non-hydrogen) atoms. The summed E-state index contributed by atoms with van der Waals surface area (Å²) in [7, 11) is 0. The van der Waals surface area contributed by atoms with Crippen molar-refractivity contribution in [3.05, 3.63) is 41.5 Å². The molecule has 2 aliphatic heterocycles. The lowest BCUT2D eigenvalue weighted by Gasteiger charge is -2.26. The van der Waals surface area contributed by atoms with Gasteiger partial charge in [0.05, 0.1) is 18.4 Å². The third kappa shape index (κ3) is 4.03. The van der Waals surface area contributed by atoms with E-state index in [1.807, 2.05) is 31.2 Å². The number of alkyl halides is 3. The van der Waals surface area contributed by atoms with Crippen molar-refractivity contribution < 1.29 is 22.8 Å². The molecule has 1 saturated heterocycles. The highest BCUT2D eigenvalue weighted by atomic mass is 19.4. The highest BCUT2D eigenvalue weighted by molar-refractivity contribution is 6.00. The van der Waals surface area contributed by atoms with Gasteiger partial charge in [0, 0.05) is 31.6 Å². The van der Waals surface area contributed by atoms with Gasteiger partial charge in [-0.3, -0.25) is 9.59 Å². The first kappa shape index (κ1) is 20.4. The second-order valence-corrected chi connectivity index (χ2v) is 7.88. The minimum atomic E-state index is -4.27. The topological polar surface area (TPSA) is 80.1 Å². The van der Waals surface area contributed by atoms with Crippen LogP contribution in [0.4, 0.5) is 18.9 Å². The van der Waals surface area contributed by atoms with E-state index < -0.39 is 18.0 Å². The van der Waals surface area contributed by atoms with Gasteiger partial charge in [-0.25, -0.2) is 0 Å². The van der Waals surface area contributed by atoms with Crippen molar-refractivity contribution in [3.8, 4) is 0 Å². The average molecular weight is 421 g/mol. The standard InChI is InChI=1S/C20H22F3N5O2/c1-12-2-5-15(6-3-12)27-10-13(8-18(27)29)19(30)24-9-17-26-25-16-7-4-14(11-28(16)17)20(21,22)23/h2-3,5-6,13-14H,4,7-11H2,1H3,(H,24,30)/t13-,14+/m0/s1. The fraction of sp³-hybridized carbons (Fsp3) is 0.500. The summed E-state index contributed by atoms with van der Waals surface area (Å²) in [6.07, 6.45) is -3.99. The Bertz CT molecular complexity index is 954. The number of halogens is 3. The molecule has 160 valence electrons. The Morgan fingerprint density at radius 2 is 1.93 bits per heavy atom. The first-order valence-electron chi connectivity index (χ1n) is 9.85. The van der Waals surface area contributed by atoms with Crippen molar-refractivity contribution in [2.24, 2.45) is 11.8 Å². The largest absolute Gasteiger partial charge is 0.393 e. The summed E-state index contributed by atoms with van der Waals surface area (Å²) in [5.41, 5.74) is 1.81. The molecule has 0 aliphatic carbocycles. The number of rotatable bonds is 4. The molecule has 1 aromatic heterocycles. The molecule has 0 saturated carbocycles. The van der Waals surface area contributed by atoms with Crippen molar-refractivity contribution in [2.45, 2.75) is 45.5 Å². The number of anilines is 1. The fourth-order valence-electron chi connectivity index (χ4n) is 3.95. The number of aryl methyl sites for hydroxylation is 2. The SMILES string of the molecule is Cc1ccc(N2C[C@@H](C(=O)NCc3nnc4n3C[C@H](C(F)(F)F)CC4)CC2=O)cc1. The van der Waals surface area contributed by atoms with Crippen LogP contribution >= 0.6 is 0 Å². The number of carbonyl (C=O) groups excluding carboxylic acids is 2. The molecule has 1 N–H and O–H groups in total. The lowest BCUT2D eigenvalue weighted by molar-refractivity contribution is -0.182. The fourth-order valence-corrected chi connectivity index (χ4v) is 3.95. The highest BCUT2D eigenvalue weighted by Gasteiger charge is 2.42. The van der Waals surface area contributed by atoms with E-state index >= 15 is 0 Å². The number of fused-ring (bicyclic) bond motifs is 1. The van der Waals surface area contributed by atoms with E-state index in [4.69, 9.17) is 0 Å². The van der Waals surface area contributed by atoms with Crippen LogP contribution in [0.2, 0.25) is 0 Å². The average Bonchev–Trinajstić information content (AvgIpc) is 3.29. The second kappa shape index (κ2) is 7.73. The van der Waals surface area contributed by atoms with Gasteiger partial charge in [0.2, 0.25) is 11.8 Å². The smallest absolute Gasteiger partial charge is 0.348 e. The molecule has 7 nitrogen and oxygen atoms in total. The molecule has 3 heterocycles. The molecule has 2 aliphatic rings. The molecule has 0 radical (unpaired) electrons. The number of nitrogens with one attached hydrogen (secondary N) is 1. The van der Waals surface area contributed by atoms with Crippen LogP contribution in [-0.4, -0.2) is 39.3 Å². The van der Waals surface area contributed by atoms with Crippen LogP contribution in [0.25, 0.3) is 0 Å². The predicted molar refractivity (Wildman–Crippen MR) is 101 cm³/mol. The molecule has 0 bridgehead atoms. The Labute approximate surface area is 171 Å². The number of amides is 2. The summed E-state index contributed by atoms with van der Waals surface area (Å²) >= 11 is 0. The first-order valence-corrected chi connectivity index (χ1v) is 9.85. The molecule has 2 amide bonds. The van der Waals surface area contributed by atoms with E-state index in [0.29, 0.717) is 11.6 Å².